The molecule has 124 valence electrons. The molecule has 0 spiro atoms. The van der Waals surface area contributed by atoms with Crippen molar-refractivity contribution in [3.05, 3.63) is 65.7 Å². The molecule has 0 radical (unpaired) electrons. The van der Waals surface area contributed by atoms with Crippen molar-refractivity contribution in [1.82, 2.24) is 5.32 Å². The minimum Gasteiger partial charge on any atom is -0.445 e. The van der Waals surface area contributed by atoms with Crippen molar-refractivity contribution in [2.24, 2.45) is 0 Å². The standard InChI is InChI=1S/C17H14FNO4S/c18-24(21,22)16-10-8-14(9-11-16)7-4-12-19-17(20)23-13-15-5-2-1-3-6-15/h1-3,5-6,8-11H,12-13H2,(H,19,20). The van der Waals surface area contributed by atoms with E-state index in [1.165, 1.54) is 12.1 Å². The summed E-state index contributed by atoms with van der Waals surface area (Å²) in [6.07, 6.45) is -0.591. The maximum atomic E-state index is 12.7. The molecular formula is C17H14FNO4S. The molecule has 0 aliphatic carbocycles. The second kappa shape index (κ2) is 8.13. The molecule has 2 rings (SSSR count). The number of halogens is 1. The summed E-state index contributed by atoms with van der Waals surface area (Å²) in [5, 5.41) is 2.47. The van der Waals surface area contributed by atoms with E-state index in [1.807, 2.05) is 30.3 Å². The third-order valence-electron chi connectivity index (χ3n) is 2.90. The molecule has 0 heterocycles. The Bertz CT molecular complexity index is 853. The quantitative estimate of drug-likeness (QED) is 0.682. The fraction of sp³-hybridized carbons (Fsp3) is 0.118. The van der Waals surface area contributed by atoms with Crippen LogP contribution in [0.25, 0.3) is 0 Å². The first-order chi connectivity index (χ1) is 11.4. The summed E-state index contributed by atoms with van der Waals surface area (Å²) in [5.41, 5.74) is 1.38. The van der Waals surface area contributed by atoms with Gasteiger partial charge in [-0.05, 0) is 29.8 Å². The number of rotatable bonds is 4. The van der Waals surface area contributed by atoms with Gasteiger partial charge in [-0.3, -0.25) is 0 Å². The summed E-state index contributed by atoms with van der Waals surface area (Å²) in [5.74, 6) is 5.40. The van der Waals surface area contributed by atoms with Gasteiger partial charge in [0.05, 0.1) is 11.4 Å². The van der Waals surface area contributed by atoms with E-state index >= 15 is 0 Å². The number of carbonyl (C=O) groups excluding carboxylic acids is 1. The van der Waals surface area contributed by atoms with Crippen molar-refractivity contribution in [2.75, 3.05) is 6.54 Å². The molecule has 5 nitrogen and oxygen atoms in total. The first-order valence-corrected chi connectivity index (χ1v) is 8.31. The van der Waals surface area contributed by atoms with Crippen LogP contribution in [0.5, 0.6) is 0 Å². The predicted molar refractivity (Wildman–Crippen MR) is 86.2 cm³/mol. The van der Waals surface area contributed by atoms with Crippen LogP contribution in [0.15, 0.2) is 59.5 Å². The topological polar surface area (TPSA) is 72.5 Å². The smallest absolute Gasteiger partial charge is 0.408 e. The molecule has 24 heavy (non-hydrogen) atoms. The summed E-state index contributed by atoms with van der Waals surface area (Å²) >= 11 is 0. The molecule has 0 aliphatic heterocycles. The molecule has 1 amide bonds. The Hall–Kier alpha value is -2.85. The van der Waals surface area contributed by atoms with Crippen LogP contribution in [0, 0.1) is 11.8 Å². The number of alkyl carbamates (subject to hydrolysis) is 1. The Labute approximate surface area is 139 Å². The number of benzene rings is 2. The van der Waals surface area contributed by atoms with Crippen molar-refractivity contribution in [2.45, 2.75) is 11.5 Å². The third-order valence-corrected chi connectivity index (χ3v) is 3.74. The van der Waals surface area contributed by atoms with Gasteiger partial charge < -0.3 is 10.1 Å². The fourth-order valence-corrected chi connectivity index (χ4v) is 2.20. The highest BCUT2D eigenvalue weighted by Crippen LogP contribution is 2.12. The molecule has 0 atom stereocenters. The Balaban J connectivity index is 1.78. The fourth-order valence-electron chi connectivity index (χ4n) is 1.74. The van der Waals surface area contributed by atoms with Gasteiger partial charge in [0.15, 0.2) is 0 Å². The monoisotopic (exact) mass is 347 g/mol. The Morgan fingerprint density at radius 3 is 2.38 bits per heavy atom. The Morgan fingerprint density at radius 1 is 1.08 bits per heavy atom. The molecule has 2 aromatic rings. The van der Waals surface area contributed by atoms with Crippen LogP contribution in [-0.2, 0) is 21.6 Å². The molecule has 1 N–H and O–H groups in total. The highest BCUT2D eigenvalue weighted by atomic mass is 32.3. The zero-order valence-electron chi connectivity index (χ0n) is 12.5. The van der Waals surface area contributed by atoms with E-state index in [2.05, 4.69) is 17.2 Å². The molecule has 0 unspecified atom stereocenters. The van der Waals surface area contributed by atoms with Gasteiger partial charge in [-0.1, -0.05) is 42.2 Å². The van der Waals surface area contributed by atoms with Gasteiger partial charge in [0.1, 0.15) is 6.61 Å². The molecule has 0 aliphatic rings. The van der Waals surface area contributed by atoms with Crippen molar-refractivity contribution in [3.63, 3.8) is 0 Å². The summed E-state index contributed by atoms with van der Waals surface area (Å²) in [7, 11) is -4.71. The maximum absolute atomic E-state index is 12.7. The number of ether oxygens (including phenoxy) is 1. The summed E-state index contributed by atoms with van der Waals surface area (Å²) < 4.78 is 39.1. The van der Waals surface area contributed by atoms with E-state index in [1.54, 1.807) is 0 Å². The van der Waals surface area contributed by atoms with Crippen LogP contribution in [0.3, 0.4) is 0 Å². The summed E-state index contributed by atoms with van der Waals surface area (Å²) in [6, 6.07) is 14.3. The highest BCUT2D eigenvalue weighted by Gasteiger charge is 2.10. The predicted octanol–water partition coefficient (Wildman–Crippen LogP) is 2.62. The molecule has 7 heteroatoms. The largest absolute Gasteiger partial charge is 0.445 e. The summed E-state index contributed by atoms with van der Waals surface area (Å²) in [6.45, 7) is 0.232. The second-order valence-corrected chi connectivity index (χ2v) is 6.03. The molecule has 0 saturated heterocycles. The van der Waals surface area contributed by atoms with Gasteiger partial charge in [0.2, 0.25) is 0 Å². The zero-order chi connectivity index (χ0) is 17.4. The Kier molecular flexibility index (Phi) is 5.93. The van der Waals surface area contributed by atoms with Crippen LogP contribution in [0.2, 0.25) is 0 Å². The number of hydrogen-bond donors (Lipinski definition) is 1. The first-order valence-electron chi connectivity index (χ1n) is 6.93. The van der Waals surface area contributed by atoms with Gasteiger partial charge in [-0.2, -0.15) is 8.42 Å². The lowest BCUT2D eigenvalue weighted by Gasteiger charge is -2.04. The Morgan fingerprint density at radius 2 is 1.75 bits per heavy atom. The van der Waals surface area contributed by atoms with Crippen LogP contribution < -0.4 is 5.32 Å². The van der Waals surface area contributed by atoms with Crippen LogP contribution >= 0.6 is 0 Å². The number of hydrogen-bond acceptors (Lipinski definition) is 4. The van der Waals surface area contributed by atoms with Gasteiger partial charge in [-0.15, -0.1) is 3.89 Å². The van der Waals surface area contributed by atoms with E-state index in [4.69, 9.17) is 4.74 Å². The van der Waals surface area contributed by atoms with Crippen molar-refractivity contribution in [3.8, 4) is 11.8 Å². The lowest BCUT2D eigenvalue weighted by molar-refractivity contribution is 0.141. The normalized spacial score (nSPS) is 10.4. The summed E-state index contributed by atoms with van der Waals surface area (Å²) in [4.78, 5) is 11.1. The average Bonchev–Trinajstić information content (AvgIpc) is 2.57. The first kappa shape index (κ1) is 17.5. The number of nitrogens with one attached hydrogen (secondary N) is 1. The van der Waals surface area contributed by atoms with Gasteiger partial charge >= 0.3 is 16.3 Å². The van der Waals surface area contributed by atoms with Crippen molar-refractivity contribution < 1.29 is 21.8 Å². The molecule has 0 aromatic heterocycles. The molecular weight excluding hydrogens is 333 g/mol. The third kappa shape index (κ3) is 5.74. The maximum Gasteiger partial charge on any atom is 0.408 e. The van der Waals surface area contributed by atoms with Crippen LogP contribution in [0.4, 0.5) is 8.68 Å². The molecule has 2 aromatic carbocycles. The second-order valence-electron chi connectivity index (χ2n) is 4.68. The van der Waals surface area contributed by atoms with Crippen LogP contribution in [0.1, 0.15) is 11.1 Å². The van der Waals surface area contributed by atoms with E-state index in [0.717, 1.165) is 17.7 Å². The van der Waals surface area contributed by atoms with Gasteiger partial charge in [-0.25, -0.2) is 4.79 Å². The van der Waals surface area contributed by atoms with E-state index < -0.39 is 21.2 Å². The van der Waals surface area contributed by atoms with Gasteiger partial charge in [0.25, 0.3) is 0 Å². The van der Waals surface area contributed by atoms with Crippen LogP contribution in [-0.4, -0.2) is 21.1 Å². The van der Waals surface area contributed by atoms with Gasteiger partial charge in [0, 0.05) is 5.56 Å². The highest BCUT2D eigenvalue weighted by molar-refractivity contribution is 7.86. The lowest BCUT2D eigenvalue weighted by Crippen LogP contribution is -2.24. The van der Waals surface area contributed by atoms with Crippen molar-refractivity contribution in [1.29, 1.82) is 0 Å². The number of amides is 1. The zero-order valence-corrected chi connectivity index (χ0v) is 13.3. The molecule has 0 bridgehead atoms. The minimum absolute atomic E-state index is 0.0663. The van der Waals surface area contributed by atoms with E-state index in [-0.39, 0.29) is 13.2 Å². The van der Waals surface area contributed by atoms with E-state index in [9.17, 15) is 17.1 Å². The van der Waals surface area contributed by atoms with E-state index in [0.29, 0.717) is 5.56 Å². The molecule has 0 fully saturated rings. The molecule has 0 saturated carbocycles. The van der Waals surface area contributed by atoms with Crippen molar-refractivity contribution >= 4 is 16.3 Å². The SMILES string of the molecule is O=C(NCC#Cc1ccc(S(=O)(=O)F)cc1)OCc1ccccc1. The average molecular weight is 347 g/mol. The minimum atomic E-state index is -4.71. The number of carbonyl (C=O) groups is 1. The lowest BCUT2D eigenvalue weighted by atomic mass is 10.2.